The van der Waals surface area contributed by atoms with Gasteiger partial charge in [0, 0.05) is 30.7 Å². The lowest BCUT2D eigenvalue weighted by molar-refractivity contribution is -0.140. The molecule has 5 heteroatoms. The number of hydrogen-bond acceptors (Lipinski definition) is 5. The molecule has 0 bridgehead atoms. The summed E-state index contributed by atoms with van der Waals surface area (Å²) in [6, 6.07) is 0. The topological polar surface area (TPSA) is 69.4 Å². The van der Waals surface area contributed by atoms with Crippen molar-refractivity contribution in [3.8, 4) is 0 Å². The van der Waals surface area contributed by atoms with Crippen LogP contribution in [0.2, 0.25) is 0 Å². The number of rotatable bonds is 10. The maximum atomic E-state index is 13.2. The molecule has 0 fully saturated rings. The lowest BCUT2D eigenvalue weighted by atomic mass is 9.84. The first-order valence-electron chi connectivity index (χ1n) is 11.2. The van der Waals surface area contributed by atoms with E-state index in [1.165, 1.54) is 34.9 Å². The van der Waals surface area contributed by atoms with Crippen LogP contribution in [-0.4, -0.2) is 24.0 Å². The maximum absolute atomic E-state index is 13.2. The third-order valence-electron chi connectivity index (χ3n) is 6.99. The molecule has 1 atom stereocenters. The minimum Gasteiger partial charge on any atom is -0.469 e. The van der Waals surface area contributed by atoms with E-state index in [1.807, 2.05) is 13.8 Å². The average Bonchev–Trinajstić information content (AvgIpc) is 3.08. The van der Waals surface area contributed by atoms with Gasteiger partial charge in [-0.3, -0.25) is 9.59 Å². The molecule has 0 aliphatic heterocycles. The van der Waals surface area contributed by atoms with Crippen LogP contribution in [-0.2, 0) is 20.7 Å². The third-order valence-corrected chi connectivity index (χ3v) is 6.99. The van der Waals surface area contributed by atoms with Gasteiger partial charge < -0.3 is 9.26 Å². The van der Waals surface area contributed by atoms with Crippen LogP contribution in [0.4, 0.5) is 0 Å². The first-order valence-corrected chi connectivity index (χ1v) is 11.2. The monoisotopic (exact) mass is 427 g/mol. The van der Waals surface area contributed by atoms with Crippen molar-refractivity contribution in [1.29, 1.82) is 0 Å². The van der Waals surface area contributed by atoms with Gasteiger partial charge in [-0.25, -0.2) is 0 Å². The Hall–Kier alpha value is -2.43. The number of carbonyl (C=O) groups is 2. The Morgan fingerprint density at radius 1 is 0.871 bits per heavy atom. The zero-order valence-corrected chi connectivity index (χ0v) is 20.4. The van der Waals surface area contributed by atoms with Crippen LogP contribution < -0.4 is 0 Å². The fourth-order valence-electron chi connectivity index (χ4n) is 4.30. The third kappa shape index (κ3) is 5.84. The van der Waals surface area contributed by atoms with E-state index in [2.05, 4.69) is 39.8 Å². The number of unbranched alkanes of at least 4 members (excludes halogenated alkanes) is 1. The summed E-state index contributed by atoms with van der Waals surface area (Å²) in [4.78, 5) is 24.6. The van der Waals surface area contributed by atoms with Crippen molar-refractivity contribution in [2.75, 3.05) is 7.11 Å². The second-order valence-corrected chi connectivity index (χ2v) is 8.79. The first-order chi connectivity index (χ1) is 14.6. The number of aromatic nitrogens is 1. The van der Waals surface area contributed by atoms with E-state index in [-0.39, 0.29) is 17.7 Å². The highest BCUT2D eigenvalue weighted by molar-refractivity contribution is 5.82. The molecular weight excluding hydrogens is 390 g/mol. The van der Waals surface area contributed by atoms with Gasteiger partial charge in [0.25, 0.3) is 0 Å². The Morgan fingerprint density at radius 2 is 1.45 bits per heavy atom. The van der Waals surface area contributed by atoms with Gasteiger partial charge in [0.1, 0.15) is 11.5 Å². The van der Waals surface area contributed by atoms with Crippen molar-refractivity contribution in [2.24, 2.45) is 0 Å². The van der Waals surface area contributed by atoms with Gasteiger partial charge >= 0.3 is 5.97 Å². The first kappa shape index (κ1) is 24.8. The number of carbonyl (C=O) groups excluding carboxylic acids is 2. The predicted molar refractivity (Wildman–Crippen MR) is 123 cm³/mol. The van der Waals surface area contributed by atoms with Crippen LogP contribution >= 0.6 is 0 Å². The van der Waals surface area contributed by atoms with Gasteiger partial charge in [0.05, 0.1) is 12.8 Å². The molecule has 2 aromatic rings. The number of aryl methyl sites for hydroxylation is 1. The summed E-state index contributed by atoms with van der Waals surface area (Å²) in [5.74, 6) is 0.804. The molecule has 0 aliphatic rings. The molecule has 1 heterocycles. The lowest BCUT2D eigenvalue weighted by Crippen LogP contribution is -2.14. The second kappa shape index (κ2) is 10.7. The molecule has 1 aromatic carbocycles. The molecule has 0 saturated carbocycles. The molecule has 31 heavy (non-hydrogen) atoms. The average molecular weight is 428 g/mol. The smallest absolute Gasteiger partial charge is 0.305 e. The van der Waals surface area contributed by atoms with Gasteiger partial charge in [-0.2, -0.15) is 0 Å². The zero-order chi connectivity index (χ0) is 23.3. The highest BCUT2D eigenvalue weighted by Crippen LogP contribution is 2.31. The molecule has 0 aliphatic carbocycles. The fraction of sp³-hybridized carbons (Fsp3) is 0.577. The number of methoxy groups -OCH3 is 1. The quantitative estimate of drug-likeness (QED) is 0.351. The highest BCUT2D eigenvalue weighted by Gasteiger charge is 2.24. The number of nitrogens with zero attached hydrogens (tertiary/aromatic N) is 1. The van der Waals surface area contributed by atoms with Crippen LogP contribution in [0.1, 0.15) is 88.4 Å². The van der Waals surface area contributed by atoms with E-state index in [1.54, 1.807) is 0 Å². The molecule has 0 radical (unpaired) electrons. The van der Waals surface area contributed by atoms with Crippen molar-refractivity contribution in [3.63, 3.8) is 0 Å². The van der Waals surface area contributed by atoms with Crippen molar-refractivity contribution in [3.05, 3.63) is 50.4 Å². The molecule has 0 N–H and O–H groups in total. The van der Waals surface area contributed by atoms with E-state index in [0.29, 0.717) is 19.3 Å². The van der Waals surface area contributed by atoms with E-state index >= 15 is 0 Å². The fourth-order valence-corrected chi connectivity index (χ4v) is 4.30. The molecule has 0 saturated heterocycles. The second-order valence-electron chi connectivity index (χ2n) is 8.79. The van der Waals surface area contributed by atoms with E-state index in [9.17, 15) is 9.59 Å². The summed E-state index contributed by atoms with van der Waals surface area (Å²) in [6.45, 7) is 14.5. The molecule has 170 valence electrons. The predicted octanol–water partition coefficient (Wildman–Crippen LogP) is 5.85. The van der Waals surface area contributed by atoms with Crippen LogP contribution in [0.25, 0.3) is 0 Å². The minimum atomic E-state index is -0.197. The van der Waals surface area contributed by atoms with Gasteiger partial charge in [-0.1, -0.05) is 11.6 Å². The maximum Gasteiger partial charge on any atom is 0.305 e. The summed E-state index contributed by atoms with van der Waals surface area (Å²) < 4.78 is 10.1. The van der Waals surface area contributed by atoms with Crippen LogP contribution in [0.15, 0.2) is 4.52 Å². The normalized spacial score (nSPS) is 12.1. The molecule has 5 nitrogen and oxygen atoms in total. The molecule has 2 rings (SSSR count). The van der Waals surface area contributed by atoms with Crippen molar-refractivity contribution >= 4 is 11.8 Å². The highest BCUT2D eigenvalue weighted by atomic mass is 16.5. The number of hydrogen-bond donors (Lipinski definition) is 0. The van der Waals surface area contributed by atoms with E-state index < -0.39 is 0 Å². The lowest BCUT2D eigenvalue weighted by Gasteiger charge is -2.19. The van der Waals surface area contributed by atoms with Crippen LogP contribution in [0.3, 0.4) is 0 Å². The SMILES string of the molecule is COC(=O)CCCCC(CC(=O)Cc1c(C)c(C)c(C)c(C)c1C)c1noc(C)c1C. The summed E-state index contributed by atoms with van der Waals surface area (Å²) >= 11 is 0. The van der Waals surface area contributed by atoms with Crippen LogP contribution in [0.5, 0.6) is 0 Å². The Balaban J connectivity index is 2.18. The summed E-state index contributed by atoms with van der Waals surface area (Å²) in [6.07, 6.45) is 3.62. The van der Waals surface area contributed by atoms with Crippen molar-refractivity contribution in [1.82, 2.24) is 5.16 Å². The Kier molecular flexibility index (Phi) is 8.60. The van der Waals surface area contributed by atoms with E-state index in [0.717, 1.165) is 41.8 Å². The van der Waals surface area contributed by atoms with Crippen molar-refractivity contribution in [2.45, 2.75) is 92.9 Å². The standard InChI is InChI=1S/C26H37NO4/c1-15-16(2)18(4)24(19(5)17(15)3)14-23(28)13-22(11-9-10-12-25(29)30-8)26-20(6)21(7)31-27-26/h22H,9-14H2,1-8H3. The molecular formula is C26H37NO4. The van der Waals surface area contributed by atoms with E-state index in [4.69, 9.17) is 9.26 Å². The molecule has 0 amide bonds. The number of ketones is 1. The summed E-state index contributed by atoms with van der Waals surface area (Å²) in [5.41, 5.74) is 9.33. The number of Topliss-reactive ketones (excluding diaryl/α,β-unsaturated/α-hetero) is 1. The van der Waals surface area contributed by atoms with Crippen LogP contribution in [0, 0.1) is 48.5 Å². The van der Waals surface area contributed by atoms with Gasteiger partial charge in [-0.15, -0.1) is 0 Å². The Labute approximate surface area is 186 Å². The number of benzene rings is 1. The molecule has 1 aromatic heterocycles. The molecule has 1 unspecified atom stereocenters. The van der Waals surface area contributed by atoms with Gasteiger partial charge in [0.2, 0.25) is 0 Å². The number of esters is 1. The minimum absolute atomic E-state index is 0.00384. The Bertz CT molecular complexity index is 926. The largest absolute Gasteiger partial charge is 0.469 e. The molecule has 0 spiro atoms. The zero-order valence-electron chi connectivity index (χ0n) is 20.4. The van der Waals surface area contributed by atoms with Gasteiger partial charge in [-0.05, 0) is 94.7 Å². The number of ether oxygens (including phenoxy) is 1. The van der Waals surface area contributed by atoms with Crippen molar-refractivity contribution < 1.29 is 18.8 Å². The summed E-state index contributed by atoms with van der Waals surface area (Å²) in [5, 5.41) is 4.26. The Morgan fingerprint density at radius 3 is 1.97 bits per heavy atom. The van der Waals surface area contributed by atoms with Gasteiger partial charge in [0.15, 0.2) is 0 Å². The summed E-state index contributed by atoms with van der Waals surface area (Å²) in [7, 11) is 1.41.